The lowest BCUT2D eigenvalue weighted by Gasteiger charge is -2.28. The normalized spacial score (nSPS) is 12.5. The standard InChI is InChI=1S/C25H47NO6/c1-26(2,3)21-22(20-24(29)30)32-25(31)19-17-15-13-11-9-7-5-4-6-8-10-12-14-16-18-23(27)28/h22H,4-21H2,1-3H3,(H-,27,28,29,30)/p+1/t22-/m1/s1. The van der Waals surface area contributed by atoms with Crippen molar-refractivity contribution in [3.8, 4) is 0 Å². The number of carboxylic acids is 2. The first-order valence-corrected chi connectivity index (χ1v) is 12.5. The number of unbranched alkanes of at least 4 members (excludes halogenated alkanes) is 13. The molecule has 0 radical (unpaired) electrons. The molecule has 0 fully saturated rings. The number of likely N-dealkylation sites (N-methyl/N-ethyl adjacent to an activating group) is 1. The van der Waals surface area contributed by atoms with Gasteiger partial charge in [0.2, 0.25) is 0 Å². The molecule has 1 atom stereocenters. The van der Waals surface area contributed by atoms with Crippen LogP contribution >= 0.6 is 0 Å². The molecule has 0 rings (SSSR count). The molecule has 0 amide bonds. The summed E-state index contributed by atoms with van der Waals surface area (Å²) >= 11 is 0. The van der Waals surface area contributed by atoms with E-state index in [9.17, 15) is 14.4 Å². The van der Waals surface area contributed by atoms with Crippen LogP contribution in [-0.4, -0.2) is 66.4 Å². The maximum absolute atomic E-state index is 12.0. The predicted octanol–water partition coefficient (Wildman–Crippen LogP) is 5.41. The number of aliphatic carboxylic acids is 2. The number of esters is 1. The van der Waals surface area contributed by atoms with E-state index in [-0.39, 0.29) is 12.4 Å². The second-order valence-corrected chi connectivity index (χ2v) is 10.0. The first-order chi connectivity index (χ1) is 15.1. The van der Waals surface area contributed by atoms with Gasteiger partial charge in [0.15, 0.2) is 6.10 Å². The molecular formula is C25H48NO6+. The summed E-state index contributed by atoms with van der Waals surface area (Å²) in [6.45, 7) is 0.491. The molecule has 0 aliphatic rings. The lowest BCUT2D eigenvalue weighted by Crippen LogP contribution is -2.43. The van der Waals surface area contributed by atoms with E-state index in [2.05, 4.69) is 0 Å². The van der Waals surface area contributed by atoms with Crippen molar-refractivity contribution in [3.05, 3.63) is 0 Å². The highest BCUT2D eigenvalue weighted by Gasteiger charge is 2.24. The number of rotatable bonds is 22. The molecule has 7 heteroatoms. The fourth-order valence-corrected chi connectivity index (χ4v) is 3.86. The molecule has 0 heterocycles. The van der Waals surface area contributed by atoms with Gasteiger partial charge in [-0.15, -0.1) is 0 Å². The Morgan fingerprint density at radius 1 is 0.625 bits per heavy atom. The molecule has 0 saturated carbocycles. The van der Waals surface area contributed by atoms with E-state index in [0.29, 0.717) is 23.9 Å². The minimum Gasteiger partial charge on any atom is -0.481 e. The second kappa shape index (κ2) is 18.9. The summed E-state index contributed by atoms with van der Waals surface area (Å²) < 4.78 is 5.96. The van der Waals surface area contributed by atoms with Gasteiger partial charge in [0, 0.05) is 12.8 Å². The van der Waals surface area contributed by atoms with Crippen LogP contribution in [0.5, 0.6) is 0 Å². The van der Waals surface area contributed by atoms with Crippen LogP contribution < -0.4 is 0 Å². The van der Waals surface area contributed by atoms with Crippen molar-refractivity contribution in [3.63, 3.8) is 0 Å². The topological polar surface area (TPSA) is 101 Å². The quantitative estimate of drug-likeness (QED) is 0.128. The second-order valence-electron chi connectivity index (χ2n) is 10.0. The third kappa shape index (κ3) is 23.0. The molecule has 0 aliphatic carbocycles. The molecule has 2 N–H and O–H groups in total. The highest BCUT2D eigenvalue weighted by molar-refractivity contribution is 5.71. The molecule has 7 nitrogen and oxygen atoms in total. The van der Waals surface area contributed by atoms with Crippen molar-refractivity contribution in [1.29, 1.82) is 0 Å². The van der Waals surface area contributed by atoms with Gasteiger partial charge >= 0.3 is 17.9 Å². The monoisotopic (exact) mass is 458 g/mol. The number of hydrogen-bond donors (Lipinski definition) is 2. The van der Waals surface area contributed by atoms with Crippen LogP contribution in [0, 0.1) is 0 Å². The van der Waals surface area contributed by atoms with E-state index in [4.69, 9.17) is 14.9 Å². The maximum Gasteiger partial charge on any atom is 0.307 e. The largest absolute Gasteiger partial charge is 0.481 e. The van der Waals surface area contributed by atoms with Gasteiger partial charge in [-0.1, -0.05) is 77.0 Å². The fraction of sp³-hybridized carbons (Fsp3) is 0.880. The van der Waals surface area contributed by atoms with Crippen LogP contribution in [0.3, 0.4) is 0 Å². The van der Waals surface area contributed by atoms with Crippen LogP contribution in [-0.2, 0) is 19.1 Å². The number of ether oxygens (including phenoxy) is 1. The molecule has 0 aromatic rings. The first kappa shape index (κ1) is 30.4. The summed E-state index contributed by atoms with van der Waals surface area (Å²) in [7, 11) is 5.86. The molecule has 0 unspecified atom stereocenters. The maximum atomic E-state index is 12.0. The van der Waals surface area contributed by atoms with Crippen LogP contribution in [0.1, 0.15) is 109 Å². The molecule has 32 heavy (non-hydrogen) atoms. The Kier molecular flexibility index (Phi) is 17.9. The van der Waals surface area contributed by atoms with Crippen molar-refractivity contribution in [2.24, 2.45) is 0 Å². The molecule has 0 aliphatic heterocycles. The number of nitrogens with zero attached hydrogens (tertiary/aromatic N) is 1. The zero-order valence-electron chi connectivity index (χ0n) is 20.8. The van der Waals surface area contributed by atoms with Crippen LogP contribution in [0.2, 0.25) is 0 Å². The lowest BCUT2D eigenvalue weighted by molar-refractivity contribution is -0.873. The van der Waals surface area contributed by atoms with E-state index < -0.39 is 18.0 Å². The zero-order valence-corrected chi connectivity index (χ0v) is 20.8. The average Bonchev–Trinajstić information content (AvgIpc) is 2.65. The fourth-order valence-electron chi connectivity index (χ4n) is 3.86. The lowest BCUT2D eigenvalue weighted by atomic mass is 10.0. The SMILES string of the molecule is C[N+](C)(C)C[C@@H](CC(=O)O)OC(=O)CCCCCCCCCCCCCCCCC(=O)O. The minimum absolute atomic E-state index is 0.145. The Morgan fingerprint density at radius 2 is 1.00 bits per heavy atom. The smallest absolute Gasteiger partial charge is 0.307 e. The van der Waals surface area contributed by atoms with Crippen molar-refractivity contribution in [2.45, 2.75) is 115 Å². The van der Waals surface area contributed by atoms with E-state index in [1.165, 1.54) is 51.4 Å². The summed E-state index contributed by atoms with van der Waals surface area (Å²) in [6, 6.07) is 0. The van der Waals surface area contributed by atoms with E-state index in [0.717, 1.165) is 38.5 Å². The van der Waals surface area contributed by atoms with Crippen molar-refractivity contribution >= 4 is 17.9 Å². The molecule has 0 aromatic carbocycles. The molecular weight excluding hydrogens is 410 g/mol. The Morgan fingerprint density at radius 3 is 1.34 bits per heavy atom. The van der Waals surface area contributed by atoms with Gasteiger partial charge in [0.1, 0.15) is 6.54 Å². The number of carboxylic acid groups (broad SMARTS) is 2. The Hall–Kier alpha value is -1.63. The van der Waals surface area contributed by atoms with Crippen LogP contribution in [0.4, 0.5) is 0 Å². The van der Waals surface area contributed by atoms with E-state index in [1.807, 2.05) is 21.1 Å². The predicted molar refractivity (Wildman–Crippen MR) is 127 cm³/mol. The highest BCUT2D eigenvalue weighted by Crippen LogP contribution is 2.14. The number of carbonyl (C=O) groups excluding carboxylic acids is 1. The highest BCUT2D eigenvalue weighted by atomic mass is 16.5. The molecule has 0 aromatic heterocycles. The van der Waals surface area contributed by atoms with Gasteiger partial charge in [0.05, 0.1) is 27.6 Å². The molecule has 0 spiro atoms. The van der Waals surface area contributed by atoms with Gasteiger partial charge in [0.25, 0.3) is 0 Å². The van der Waals surface area contributed by atoms with Crippen molar-refractivity contribution in [1.82, 2.24) is 0 Å². The van der Waals surface area contributed by atoms with Gasteiger partial charge in [-0.3, -0.25) is 14.4 Å². The Balaban J connectivity index is 3.52. The molecule has 0 saturated heterocycles. The van der Waals surface area contributed by atoms with Gasteiger partial charge in [-0.2, -0.15) is 0 Å². The van der Waals surface area contributed by atoms with Gasteiger partial charge in [-0.25, -0.2) is 0 Å². The third-order valence-corrected chi connectivity index (χ3v) is 5.47. The Bertz CT molecular complexity index is 515. The first-order valence-electron chi connectivity index (χ1n) is 12.5. The average molecular weight is 459 g/mol. The zero-order chi connectivity index (χ0) is 24.2. The minimum atomic E-state index is -0.941. The van der Waals surface area contributed by atoms with E-state index in [1.54, 1.807) is 0 Å². The molecule has 188 valence electrons. The van der Waals surface area contributed by atoms with Crippen molar-refractivity contribution < 1.29 is 33.8 Å². The van der Waals surface area contributed by atoms with Crippen molar-refractivity contribution in [2.75, 3.05) is 27.7 Å². The number of quaternary nitrogens is 1. The number of hydrogen-bond acceptors (Lipinski definition) is 4. The van der Waals surface area contributed by atoms with Gasteiger partial charge < -0.3 is 19.4 Å². The molecule has 0 bridgehead atoms. The van der Waals surface area contributed by atoms with Crippen LogP contribution in [0.15, 0.2) is 0 Å². The third-order valence-electron chi connectivity index (χ3n) is 5.47. The summed E-state index contributed by atoms with van der Waals surface area (Å²) in [5.41, 5.74) is 0. The number of carbonyl (C=O) groups is 3. The van der Waals surface area contributed by atoms with Crippen LogP contribution in [0.25, 0.3) is 0 Å². The van der Waals surface area contributed by atoms with Gasteiger partial charge in [-0.05, 0) is 12.8 Å². The summed E-state index contributed by atoms with van der Waals surface area (Å²) in [5, 5.41) is 17.6. The van der Waals surface area contributed by atoms with E-state index >= 15 is 0 Å². The summed E-state index contributed by atoms with van der Waals surface area (Å²) in [4.78, 5) is 33.5. The summed E-state index contributed by atoms with van der Waals surface area (Å²) in [5.74, 6) is -1.92. The summed E-state index contributed by atoms with van der Waals surface area (Å²) in [6.07, 6.45) is 15.9. The Labute approximate surface area is 195 Å².